The van der Waals surface area contributed by atoms with E-state index < -0.39 is 59.6 Å². The number of rotatable bonds is 7. The van der Waals surface area contributed by atoms with Gasteiger partial charge in [-0.1, -0.05) is 23.2 Å². The molecule has 8 nitrogen and oxygen atoms in total. The highest BCUT2D eigenvalue weighted by Gasteiger charge is 2.48. The number of carbonyl (C=O) groups excluding carboxylic acids is 2. The predicted molar refractivity (Wildman–Crippen MR) is 139 cm³/mol. The molecule has 1 spiro atoms. The van der Waals surface area contributed by atoms with Gasteiger partial charge in [-0.25, -0.2) is 0 Å². The predicted octanol–water partition coefficient (Wildman–Crippen LogP) is 6.47. The molecular formula is C27H29Cl2F3N4O4. The first-order chi connectivity index (χ1) is 18.9. The molecule has 3 fully saturated rings. The number of aliphatic carboxylic acids is 1. The number of amides is 1. The first kappa shape index (κ1) is 28.9. The van der Waals surface area contributed by atoms with Crippen LogP contribution in [0.3, 0.4) is 0 Å². The van der Waals surface area contributed by atoms with Crippen molar-refractivity contribution in [1.82, 2.24) is 19.7 Å². The van der Waals surface area contributed by atoms with Crippen LogP contribution in [0.1, 0.15) is 96.7 Å². The molecule has 2 aromatic heterocycles. The molecule has 5 rings (SSSR count). The number of ketones is 1. The molecule has 0 bridgehead atoms. The summed E-state index contributed by atoms with van der Waals surface area (Å²) >= 11 is 12.3. The Morgan fingerprint density at radius 3 is 2.10 bits per heavy atom. The number of hydrogen-bond acceptors (Lipinski definition) is 5. The molecule has 0 radical (unpaired) electrons. The van der Waals surface area contributed by atoms with E-state index in [1.165, 1.54) is 17.3 Å². The van der Waals surface area contributed by atoms with Crippen LogP contribution in [0.2, 0.25) is 10.0 Å². The van der Waals surface area contributed by atoms with Gasteiger partial charge in [0.2, 0.25) is 0 Å². The quantitative estimate of drug-likeness (QED) is 0.365. The highest BCUT2D eigenvalue weighted by Crippen LogP contribution is 2.56. The van der Waals surface area contributed by atoms with E-state index in [9.17, 15) is 32.7 Å². The lowest BCUT2D eigenvalue weighted by Gasteiger charge is -2.37. The first-order valence-corrected chi connectivity index (χ1v) is 14.2. The van der Waals surface area contributed by atoms with Gasteiger partial charge in [0.15, 0.2) is 11.5 Å². The summed E-state index contributed by atoms with van der Waals surface area (Å²) in [5.74, 6) is -3.10. The number of hydrogen-bond donors (Lipinski definition) is 1. The van der Waals surface area contributed by atoms with E-state index in [0.29, 0.717) is 12.8 Å². The molecule has 3 saturated carbocycles. The molecule has 1 N–H and O–H groups in total. The van der Waals surface area contributed by atoms with Crippen LogP contribution in [0.15, 0.2) is 18.6 Å². The fraction of sp³-hybridized carbons (Fsp3) is 0.593. The van der Waals surface area contributed by atoms with Crippen molar-refractivity contribution in [1.29, 1.82) is 0 Å². The highest BCUT2D eigenvalue weighted by atomic mass is 35.5. The molecule has 40 heavy (non-hydrogen) atoms. The third-order valence-corrected chi connectivity index (χ3v) is 9.38. The maximum Gasteiger partial charge on any atom is 0.433 e. The monoisotopic (exact) mass is 600 g/mol. The molecule has 0 aliphatic heterocycles. The minimum absolute atomic E-state index is 0.00811. The van der Waals surface area contributed by atoms with Gasteiger partial charge in [-0.05, 0) is 69.6 Å². The fourth-order valence-corrected chi connectivity index (χ4v) is 6.86. The van der Waals surface area contributed by atoms with E-state index in [1.54, 1.807) is 0 Å². The molecule has 2 aromatic rings. The third kappa shape index (κ3) is 5.72. The summed E-state index contributed by atoms with van der Waals surface area (Å²) in [5, 5.41) is 13.2. The Balaban J connectivity index is 1.47. The van der Waals surface area contributed by atoms with Gasteiger partial charge in [0.1, 0.15) is 0 Å². The van der Waals surface area contributed by atoms with Crippen molar-refractivity contribution < 1.29 is 32.7 Å². The number of pyridine rings is 1. The second-order valence-electron chi connectivity index (χ2n) is 11.3. The zero-order chi connectivity index (χ0) is 28.8. The van der Waals surface area contributed by atoms with Crippen molar-refractivity contribution in [2.75, 3.05) is 6.54 Å². The smallest absolute Gasteiger partial charge is 0.433 e. The zero-order valence-electron chi connectivity index (χ0n) is 21.6. The molecule has 0 aromatic carbocycles. The molecular weight excluding hydrogens is 572 g/mol. The number of carbonyl (C=O) groups is 3. The zero-order valence-corrected chi connectivity index (χ0v) is 23.1. The average molecular weight is 601 g/mol. The van der Waals surface area contributed by atoms with Crippen LogP contribution in [0.4, 0.5) is 13.2 Å². The van der Waals surface area contributed by atoms with Gasteiger partial charge in [-0.2, -0.15) is 18.3 Å². The van der Waals surface area contributed by atoms with Crippen molar-refractivity contribution in [2.24, 2.45) is 11.3 Å². The van der Waals surface area contributed by atoms with E-state index in [4.69, 9.17) is 23.2 Å². The molecule has 0 saturated heterocycles. The van der Waals surface area contributed by atoms with Crippen LogP contribution < -0.4 is 0 Å². The molecule has 216 valence electrons. The topological polar surface area (TPSA) is 105 Å². The second-order valence-corrected chi connectivity index (χ2v) is 12.1. The molecule has 2 heterocycles. The first-order valence-electron chi connectivity index (χ1n) is 13.4. The van der Waals surface area contributed by atoms with Gasteiger partial charge in [0.25, 0.3) is 5.91 Å². The normalized spacial score (nSPS) is 22.7. The molecule has 0 atom stereocenters. The van der Waals surface area contributed by atoms with Crippen LogP contribution in [0.5, 0.6) is 0 Å². The van der Waals surface area contributed by atoms with Gasteiger partial charge < -0.3 is 10.0 Å². The fourth-order valence-electron chi connectivity index (χ4n) is 6.28. The Hall–Kier alpha value is -2.66. The number of carboxylic acid groups (broad SMARTS) is 1. The van der Waals surface area contributed by atoms with Crippen LogP contribution in [0.25, 0.3) is 0 Å². The van der Waals surface area contributed by atoms with Crippen molar-refractivity contribution in [3.8, 4) is 0 Å². The lowest BCUT2D eigenvalue weighted by molar-refractivity contribution is -0.147. The molecule has 3 aliphatic carbocycles. The lowest BCUT2D eigenvalue weighted by Crippen LogP contribution is -2.46. The van der Waals surface area contributed by atoms with E-state index in [1.807, 2.05) is 0 Å². The minimum Gasteiger partial charge on any atom is -0.481 e. The van der Waals surface area contributed by atoms with Crippen molar-refractivity contribution in [2.45, 2.75) is 82.5 Å². The van der Waals surface area contributed by atoms with Crippen LogP contribution in [0, 0.1) is 11.3 Å². The van der Waals surface area contributed by atoms with E-state index >= 15 is 0 Å². The standard InChI is InChI=1S/C27H29Cl2F3N4O4/c28-19-12-33-13-20(29)22(19)21(37)14-35(16-5-7-26(8-6-16)9-10-26)24(38)18-11-34-36(23(18)27(30,31)32)17-3-1-15(2-4-17)25(39)40/h11-13,15-17H,1-10,14H2,(H,39,40). The van der Waals surface area contributed by atoms with Gasteiger partial charge in [0.05, 0.1) is 45.9 Å². The van der Waals surface area contributed by atoms with Crippen molar-refractivity contribution >= 4 is 40.9 Å². The average Bonchev–Trinajstić information content (AvgIpc) is 3.49. The summed E-state index contributed by atoms with van der Waals surface area (Å²) in [6.45, 7) is -0.494. The number of carboxylic acids is 1. The van der Waals surface area contributed by atoms with Gasteiger partial charge in [-0.15, -0.1) is 0 Å². The Kier molecular flexibility index (Phi) is 7.91. The minimum atomic E-state index is -4.90. The Bertz CT molecular complexity index is 1290. The number of halogens is 5. The molecule has 3 aliphatic rings. The van der Waals surface area contributed by atoms with Crippen LogP contribution >= 0.6 is 23.2 Å². The van der Waals surface area contributed by atoms with Gasteiger partial charge in [0, 0.05) is 18.4 Å². The van der Waals surface area contributed by atoms with E-state index in [-0.39, 0.29) is 46.7 Å². The van der Waals surface area contributed by atoms with Crippen molar-refractivity contribution in [3.63, 3.8) is 0 Å². The molecule has 13 heteroatoms. The molecule has 0 unspecified atom stereocenters. The van der Waals surface area contributed by atoms with E-state index in [0.717, 1.165) is 36.6 Å². The number of Topliss-reactive ketones (excluding diaryl/α,β-unsaturated/α-hetero) is 1. The molecule has 1 amide bonds. The Morgan fingerprint density at radius 1 is 0.975 bits per heavy atom. The second kappa shape index (κ2) is 11.0. The maximum atomic E-state index is 14.5. The third-order valence-electron chi connectivity index (χ3n) is 8.81. The van der Waals surface area contributed by atoms with Gasteiger partial charge >= 0.3 is 12.1 Å². The Morgan fingerprint density at radius 2 is 1.57 bits per heavy atom. The largest absolute Gasteiger partial charge is 0.481 e. The lowest BCUT2D eigenvalue weighted by atomic mass is 9.82. The summed E-state index contributed by atoms with van der Waals surface area (Å²) in [6.07, 6.45) is 4.37. The summed E-state index contributed by atoms with van der Waals surface area (Å²) in [4.78, 5) is 43.7. The SMILES string of the molecule is O=C(CN(C(=O)c1cnn(C2CCC(C(=O)O)CC2)c1C(F)(F)F)C1CCC2(CC1)CC2)c1c(Cl)cncc1Cl. The summed E-state index contributed by atoms with van der Waals surface area (Å²) in [6, 6.07) is -1.12. The summed E-state index contributed by atoms with van der Waals surface area (Å²) in [7, 11) is 0. The Labute approximate surface area is 238 Å². The van der Waals surface area contributed by atoms with E-state index in [2.05, 4.69) is 10.1 Å². The van der Waals surface area contributed by atoms with Crippen molar-refractivity contribution in [3.05, 3.63) is 45.5 Å². The number of aromatic nitrogens is 3. The number of nitrogens with zero attached hydrogens (tertiary/aromatic N) is 4. The summed E-state index contributed by atoms with van der Waals surface area (Å²) < 4.78 is 44.3. The van der Waals surface area contributed by atoms with Crippen LogP contribution in [-0.4, -0.2) is 55.0 Å². The summed E-state index contributed by atoms with van der Waals surface area (Å²) in [5.41, 5.74) is -1.58. The maximum absolute atomic E-state index is 14.5. The number of alkyl halides is 3. The van der Waals surface area contributed by atoms with Crippen LogP contribution in [-0.2, 0) is 11.0 Å². The highest BCUT2D eigenvalue weighted by molar-refractivity contribution is 6.39. The van der Waals surface area contributed by atoms with Gasteiger partial charge in [-0.3, -0.25) is 24.0 Å².